The van der Waals surface area contributed by atoms with E-state index in [2.05, 4.69) is 16.9 Å². The van der Waals surface area contributed by atoms with Gasteiger partial charge in [0, 0.05) is 31.0 Å². The zero-order chi connectivity index (χ0) is 23.2. The van der Waals surface area contributed by atoms with Crippen LogP contribution in [0, 0.1) is 17.3 Å². The highest BCUT2D eigenvalue weighted by atomic mass is 32.2. The van der Waals surface area contributed by atoms with Crippen LogP contribution in [0.5, 0.6) is 0 Å². The summed E-state index contributed by atoms with van der Waals surface area (Å²) < 4.78 is 17.4. The molecule has 0 N–H and O–H groups in total. The SMILES string of the molecule is C[C@@H]1C2CC1(N1C(=O)[C@]3(CCN(C(=O)OC(C)(C)C)C3=O)Cc3cnc(S(C)=O)nc31)C2. The number of ether oxygens (including phenoxy) is 1. The molecule has 5 aliphatic rings. The van der Waals surface area contributed by atoms with E-state index in [0.29, 0.717) is 23.2 Å². The number of likely N-dealkylation sites (tertiary alicyclic amines) is 1. The molecule has 3 saturated carbocycles. The molecule has 6 rings (SSSR count). The molecule has 1 unspecified atom stereocenters. The van der Waals surface area contributed by atoms with Gasteiger partial charge in [-0.25, -0.2) is 19.7 Å². The number of hydrogen-bond donors (Lipinski definition) is 0. The monoisotopic (exact) mass is 460 g/mol. The molecule has 3 heterocycles. The lowest BCUT2D eigenvalue weighted by Crippen LogP contribution is -2.78. The third-order valence-corrected chi connectivity index (χ3v) is 8.37. The van der Waals surface area contributed by atoms with E-state index in [1.807, 2.05) is 0 Å². The third kappa shape index (κ3) is 2.74. The van der Waals surface area contributed by atoms with Gasteiger partial charge in [-0.3, -0.25) is 18.7 Å². The van der Waals surface area contributed by atoms with Gasteiger partial charge in [-0.2, -0.15) is 0 Å². The Morgan fingerprint density at radius 1 is 1.25 bits per heavy atom. The summed E-state index contributed by atoms with van der Waals surface area (Å²) in [4.78, 5) is 51.8. The van der Waals surface area contributed by atoms with Crippen molar-refractivity contribution in [2.24, 2.45) is 17.3 Å². The average molecular weight is 461 g/mol. The molecule has 2 aliphatic heterocycles. The molecule has 4 fully saturated rings. The molecular formula is C22H28N4O5S. The van der Waals surface area contributed by atoms with Gasteiger partial charge in [0.2, 0.25) is 17.0 Å². The number of carbonyl (C=O) groups is 3. The minimum atomic E-state index is -1.40. The topological polar surface area (TPSA) is 110 Å². The zero-order valence-electron chi connectivity index (χ0n) is 19.0. The lowest BCUT2D eigenvalue weighted by atomic mass is 9.42. The molecule has 1 saturated heterocycles. The number of anilines is 1. The fourth-order valence-corrected chi connectivity index (χ4v) is 6.08. The summed E-state index contributed by atoms with van der Waals surface area (Å²) in [6.07, 6.45) is 4.45. The molecule has 0 aromatic carbocycles. The quantitative estimate of drug-likeness (QED) is 0.491. The minimum absolute atomic E-state index is 0.125. The summed E-state index contributed by atoms with van der Waals surface area (Å²) in [6, 6.07) is 0. The zero-order valence-corrected chi connectivity index (χ0v) is 19.8. The van der Waals surface area contributed by atoms with Crippen molar-refractivity contribution in [1.29, 1.82) is 0 Å². The van der Waals surface area contributed by atoms with Crippen LogP contribution in [0.4, 0.5) is 10.6 Å². The van der Waals surface area contributed by atoms with Crippen LogP contribution in [0.3, 0.4) is 0 Å². The van der Waals surface area contributed by atoms with E-state index in [1.54, 1.807) is 31.9 Å². The second-order valence-electron chi connectivity index (χ2n) is 10.6. The van der Waals surface area contributed by atoms with Crippen molar-refractivity contribution in [2.75, 3.05) is 17.7 Å². The third-order valence-electron chi connectivity index (χ3n) is 7.66. The maximum Gasteiger partial charge on any atom is 0.417 e. The first-order valence-electron chi connectivity index (χ1n) is 11.0. The lowest BCUT2D eigenvalue weighted by molar-refractivity contribution is -0.153. The maximum atomic E-state index is 14.1. The van der Waals surface area contributed by atoms with E-state index in [1.165, 1.54) is 6.26 Å². The van der Waals surface area contributed by atoms with E-state index >= 15 is 0 Å². The van der Waals surface area contributed by atoms with Crippen LogP contribution >= 0.6 is 0 Å². The van der Waals surface area contributed by atoms with E-state index in [0.717, 1.165) is 17.7 Å². The normalized spacial score (nSPS) is 34.2. The van der Waals surface area contributed by atoms with Gasteiger partial charge in [-0.05, 0) is 51.9 Å². The molecule has 2 bridgehead atoms. The molecule has 9 nitrogen and oxygen atoms in total. The number of amides is 3. The number of imide groups is 1. The largest absolute Gasteiger partial charge is 0.443 e. The molecule has 1 aromatic rings. The van der Waals surface area contributed by atoms with Gasteiger partial charge < -0.3 is 4.74 Å². The van der Waals surface area contributed by atoms with Crippen LogP contribution in [0.1, 0.15) is 52.5 Å². The number of nitrogens with zero attached hydrogens (tertiary/aromatic N) is 4. The first-order valence-corrected chi connectivity index (χ1v) is 12.5. The fourth-order valence-electron chi connectivity index (χ4n) is 5.66. The van der Waals surface area contributed by atoms with Gasteiger partial charge in [0.1, 0.15) is 16.8 Å². The summed E-state index contributed by atoms with van der Waals surface area (Å²) in [5.74, 6) is 0.517. The predicted octanol–water partition coefficient (Wildman–Crippen LogP) is 2.06. The Labute approximate surface area is 189 Å². The average Bonchev–Trinajstić information content (AvgIpc) is 2.99. The van der Waals surface area contributed by atoms with Crippen LogP contribution in [0.2, 0.25) is 0 Å². The molecule has 10 heteroatoms. The van der Waals surface area contributed by atoms with Gasteiger partial charge >= 0.3 is 6.09 Å². The maximum absolute atomic E-state index is 14.1. The van der Waals surface area contributed by atoms with Crippen molar-refractivity contribution in [3.05, 3.63) is 11.8 Å². The Kier molecular flexibility index (Phi) is 4.42. The lowest BCUT2D eigenvalue weighted by Gasteiger charge is -2.71. The summed E-state index contributed by atoms with van der Waals surface area (Å²) in [5, 5.41) is 0.171. The second kappa shape index (κ2) is 6.59. The standard InChI is InChI=1S/C22H28N4O5S/c1-12-13-9-22(12,10-13)26-15-14(11-23-18(24-15)32(5)30)8-21(17(26)28)6-7-25(16(21)27)19(29)31-20(2,3)4/h11-13H,6-10H2,1-5H3/t12-,13?,21-,22?,32?/m1/s1. The molecular weight excluding hydrogens is 432 g/mol. The first-order chi connectivity index (χ1) is 14.9. The summed E-state index contributed by atoms with van der Waals surface area (Å²) >= 11 is 0. The molecule has 1 spiro atoms. The number of carbonyl (C=O) groups excluding carboxylic acids is 3. The molecule has 172 valence electrons. The van der Waals surface area contributed by atoms with Crippen molar-refractivity contribution in [3.8, 4) is 0 Å². The van der Waals surface area contributed by atoms with Crippen molar-refractivity contribution >= 4 is 34.5 Å². The van der Waals surface area contributed by atoms with E-state index in [4.69, 9.17) is 4.74 Å². The number of fused-ring (bicyclic) bond motifs is 1. The number of rotatable bonds is 2. The summed E-state index contributed by atoms with van der Waals surface area (Å²) in [6.45, 7) is 7.46. The van der Waals surface area contributed by atoms with Gasteiger partial charge in [0.05, 0.1) is 16.3 Å². The van der Waals surface area contributed by atoms with Gasteiger partial charge in [0.15, 0.2) is 0 Å². The summed E-state index contributed by atoms with van der Waals surface area (Å²) in [5.41, 5.74) is -1.81. The molecule has 0 radical (unpaired) electrons. The fraction of sp³-hybridized carbons (Fsp3) is 0.682. The van der Waals surface area contributed by atoms with Crippen LogP contribution < -0.4 is 4.90 Å². The van der Waals surface area contributed by atoms with Gasteiger partial charge in [-0.1, -0.05) is 6.92 Å². The Hall–Kier alpha value is -2.36. The summed E-state index contributed by atoms with van der Waals surface area (Å²) in [7, 11) is -1.40. The molecule has 3 atom stereocenters. The van der Waals surface area contributed by atoms with Crippen LogP contribution in [-0.4, -0.2) is 60.9 Å². The first kappa shape index (κ1) is 21.5. The predicted molar refractivity (Wildman–Crippen MR) is 115 cm³/mol. The van der Waals surface area contributed by atoms with Crippen molar-refractivity contribution in [3.63, 3.8) is 0 Å². The Morgan fingerprint density at radius 2 is 1.94 bits per heavy atom. The van der Waals surface area contributed by atoms with Gasteiger partial charge in [0.25, 0.3) is 0 Å². The second-order valence-corrected chi connectivity index (χ2v) is 11.9. The number of aromatic nitrogens is 2. The highest BCUT2D eigenvalue weighted by molar-refractivity contribution is 7.84. The van der Waals surface area contributed by atoms with E-state index in [-0.39, 0.29) is 36.0 Å². The highest BCUT2D eigenvalue weighted by Gasteiger charge is 2.71. The minimum Gasteiger partial charge on any atom is -0.443 e. The van der Waals surface area contributed by atoms with Crippen LogP contribution in [0.25, 0.3) is 0 Å². The Bertz CT molecular complexity index is 1080. The molecule has 3 amide bonds. The van der Waals surface area contributed by atoms with Crippen LogP contribution in [0.15, 0.2) is 11.4 Å². The Morgan fingerprint density at radius 3 is 2.47 bits per heavy atom. The van der Waals surface area contributed by atoms with Crippen molar-refractivity contribution in [1.82, 2.24) is 14.9 Å². The van der Waals surface area contributed by atoms with Gasteiger partial charge in [-0.15, -0.1) is 0 Å². The van der Waals surface area contributed by atoms with E-state index < -0.39 is 33.8 Å². The van der Waals surface area contributed by atoms with E-state index in [9.17, 15) is 18.6 Å². The number of hydrogen-bond acceptors (Lipinski definition) is 7. The van der Waals surface area contributed by atoms with Crippen molar-refractivity contribution in [2.45, 2.75) is 69.7 Å². The highest BCUT2D eigenvalue weighted by Crippen LogP contribution is 2.67. The Balaban J connectivity index is 1.56. The molecule has 3 aliphatic carbocycles. The smallest absolute Gasteiger partial charge is 0.417 e. The van der Waals surface area contributed by atoms with Crippen LogP contribution in [-0.2, 0) is 31.5 Å². The van der Waals surface area contributed by atoms with Crippen molar-refractivity contribution < 1.29 is 23.3 Å². The molecule has 1 aromatic heterocycles. The molecule has 32 heavy (non-hydrogen) atoms.